The molecule has 282 valence electrons. The minimum absolute atomic E-state index is 0. The zero-order valence-corrected chi connectivity index (χ0v) is 28.3. The normalized spacial score (nSPS) is 19.7. The van der Waals surface area contributed by atoms with Crippen LogP contribution in [0.25, 0.3) is 0 Å². The highest BCUT2D eigenvalue weighted by Gasteiger charge is 2.29. The van der Waals surface area contributed by atoms with Crippen LogP contribution < -0.4 is 30.0 Å². The molecule has 5 atom stereocenters. The SMILES string of the molecule is C.C.N[C@H](CN1CCCC1)[C@H](O)c1ccc2c(c1)OCCO2.OCC(N[C@H](CN1CCCC1)[C@H](O)c1ccc2c(c1)OCCO2)c1ccccc1. The monoisotopic (exact) mass is 708 g/mol. The van der Waals surface area contributed by atoms with Crippen molar-refractivity contribution in [2.24, 2.45) is 5.73 Å². The first kappa shape index (κ1) is 40.4. The molecule has 4 aliphatic rings. The summed E-state index contributed by atoms with van der Waals surface area (Å²) in [5.41, 5.74) is 8.73. The Morgan fingerprint density at radius 3 is 1.59 bits per heavy atom. The van der Waals surface area contributed by atoms with Gasteiger partial charge in [-0.3, -0.25) is 0 Å². The number of likely N-dealkylation sites (tertiary alicyclic amines) is 2. The van der Waals surface area contributed by atoms with Gasteiger partial charge in [0.15, 0.2) is 23.0 Å². The molecule has 11 heteroatoms. The van der Waals surface area contributed by atoms with Crippen LogP contribution in [0.5, 0.6) is 23.0 Å². The summed E-state index contributed by atoms with van der Waals surface area (Å²) < 4.78 is 22.3. The van der Waals surface area contributed by atoms with Gasteiger partial charge in [0.1, 0.15) is 26.4 Å². The standard InChI is InChI=1S/C23H30N2O4.C15H22N2O3.2CH4/c26-16-20(17-6-2-1-3-7-17)24-19(15-25-10-4-5-11-25)23(27)18-8-9-21-22(14-18)29-13-12-28-21;16-12(10-17-5-1-2-6-17)15(18)11-3-4-13-14(9-11)20-8-7-19-13;;/h1-3,6-9,14,19-20,23-24,26-27H,4-5,10-13,15-16H2;3-4,9,12,15,18H,1-2,5-8,10,16H2;2*1H4/t19-,20?,23-;12-,15-;;/m11../s1. The molecule has 0 amide bonds. The molecule has 4 heterocycles. The number of fused-ring (bicyclic) bond motifs is 2. The zero-order chi connectivity index (χ0) is 34.0. The van der Waals surface area contributed by atoms with E-state index in [4.69, 9.17) is 24.7 Å². The van der Waals surface area contributed by atoms with Crippen LogP contribution in [0.4, 0.5) is 0 Å². The average Bonchev–Trinajstić information content (AvgIpc) is 3.88. The number of aliphatic hydroxyl groups excluding tert-OH is 3. The molecule has 2 fully saturated rings. The van der Waals surface area contributed by atoms with Crippen molar-refractivity contribution in [3.8, 4) is 23.0 Å². The van der Waals surface area contributed by atoms with Crippen LogP contribution in [0.15, 0.2) is 66.7 Å². The summed E-state index contributed by atoms with van der Waals surface area (Å²) in [5, 5.41) is 35.2. The van der Waals surface area contributed by atoms with E-state index < -0.39 is 12.2 Å². The summed E-state index contributed by atoms with van der Waals surface area (Å²) in [5.74, 6) is 2.82. The van der Waals surface area contributed by atoms with E-state index in [1.165, 1.54) is 25.7 Å². The van der Waals surface area contributed by atoms with Crippen molar-refractivity contribution >= 4 is 0 Å². The molecule has 0 aromatic heterocycles. The Bertz CT molecular complexity index is 1450. The zero-order valence-electron chi connectivity index (χ0n) is 28.3. The maximum Gasteiger partial charge on any atom is 0.161 e. The van der Waals surface area contributed by atoms with Gasteiger partial charge >= 0.3 is 0 Å². The van der Waals surface area contributed by atoms with Crippen molar-refractivity contribution in [2.45, 2.75) is 70.9 Å². The van der Waals surface area contributed by atoms with Crippen LogP contribution in [-0.4, -0.2) is 110 Å². The van der Waals surface area contributed by atoms with Gasteiger partial charge in [-0.05, 0) is 92.8 Å². The van der Waals surface area contributed by atoms with Crippen molar-refractivity contribution < 1.29 is 34.3 Å². The van der Waals surface area contributed by atoms with E-state index in [1.807, 2.05) is 66.7 Å². The Hall–Kier alpha value is -3.42. The van der Waals surface area contributed by atoms with E-state index >= 15 is 0 Å². The predicted molar refractivity (Wildman–Crippen MR) is 201 cm³/mol. The third-order valence-corrected chi connectivity index (χ3v) is 9.72. The van der Waals surface area contributed by atoms with Gasteiger partial charge in [-0.15, -0.1) is 0 Å². The molecular formula is C40H60N4O7. The van der Waals surface area contributed by atoms with Gasteiger partial charge < -0.3 is 55.1 Å². The van der Waals surface area contributed by atoms with E-state index in [0.29, 0.717) is 43.7 Å². The Morgan fingerprint density at radius 2 is 1.08 bits per heavy atom. The highest BCUT2D eigenvalue weighted by molar-refractivity contribution is 5.45. The first-order valence-electron chi connectivity index (χ1n) is 17.8. The second kappa shape index (κ2) is 20.0. The molecule has 7 rings (SSSR count). The molecule has 0 radical (unpaired) electrons. The van der Waals surface area contributed by atoms with E-state index in [0.717, 1.165) is 61.7 Å². The van der Waals surface area contributed by atoms with Gasteiger partial charge in [0.2, 0.25) is 0 Å². The molecular weight excluding hydrogens is 648 g/mol. The fourth-order valence-electron chi connectivity index (χ4n) is 7.02. The highest BCUT2D eigenvalue weighted by atomic mass is 16.6. The van der Waals surface area contributed by atoms with Crippen molar-refractivity contribution in [3.63, 3.8) is 0 Å². The Labute approximate surface area is 304 Å². The molecule has 6 N–H and O–H groups in total. The summed E-state index contributed by atoms with van der Waals surface area (Å²) in [7, 11) is 0. The minimum atomic E-state index is -0.732. The molecule has 1 unspecified atom stereocenters. The Kier molecular flexibility index (Phi) is 15.8. The number of hydrogen-bond donors (Lipinski definition) is 5. The molecule has 0 bridgehead atoms. The second-order valence-electron chi connectivity index (χ2n) is 13.3. The molecule has 2 saturated heterocycles. The third-order valence-electron chi connectivity index (χ3n) is 9.72. The van der Waals surface area contributed by atoms with E-state index in [1.54, 1.807) is 0 Å². The van der Waals surface area contributed by atoms with Gasteiger partial charge in [-0.1, -0.05) is 57.3 Å². The molecule has 3 aromatic carbocycles. The van der Waals surface area contributed by atoms with Gasteiger partial charge in [0.25, 0.3) is 0 Å². The van der Waals surface area contributed by atoms with Crippen molar-refractivity contribution in [1.29, 1.82) is 0 Å². The molecule has 51 heavy (non-hydrogen) atoms. The van der Waals surface area contributed by atoms with Gasteiger partial charge in [-0.25, -0.2) is 0 Å². The van der Waals surface area contributed by atoms with Crippen molar-refractivity contribution in [1.82, 2.24) is 15.1 Å². The van der Waals surface area contributed by atoms with Crippen LogP contribution in [0.3, 0.4) is 0 Å². The molecule has 11 nitrogen and oxygen atoms in total. The maximum absolute atomic E-state index is 11.3. The lowest BCUT2D eigenvalue weighted by Gasteiger charge is -2.32. The van der Waals surface area contributed by atoms with Gasteiger partial charge in [-0.2, -0.15) is 0 Å². The highest BCUT2D eigenvalue weighted by Crippen LogP contribution is 2.35. The molecule has 3 aromatic rings. The van der Waals surface area contributed by atoms with Gasteiger partial charge in [0, 0.05) is 19.1 Å². The Morgan fingerprint density at radius 1 is 0.608 bits per heavy atom. The van der Waals surface area contributed by atoms with Crippen molar-refractivity contribution in [2.75, 3.05) is 72.3 Å². The van der Waals surface area contributed by atoms with Crippen LogP contribution in [0.2, 0.25) is 0 Å². The summed E-state index contributed by atoms with van der Waals surface area (Å²) in [4.78, 5) is 4.68. The second-order valence-corrected chi connectivity index (χ2v) is 13.3. The van der Waals surface area contributed by atoms with Crippen molar-refractivity contribution in [3.05, 3.63) is 83.4 Å². The van der Waals surface area contributed by atoms with Gasteiger partial charge in [0.05, 0.1) is 30.9 Å². The van der Waals surface area contributed by atoms with Crippen LogP contribution >= 0.6 is 0 Å². The quantitative estimate of drug-likeness (QED) is 0.182. The molecule has 0 spiro atoms. The van der Waals surface area contributed by atoms with E-state index in [-0.39, 0.29) is 39.6 Å². The number of hydrogen-bond acceptors (Lipinski definition) is 11. The molecule has 0 aliphatic carbocycles. The number of rotatable bonds is 12. The molecule has 0 saturated carbocycles. The number of nitrogens with one attached hydrogen (secondary N) is 1. The average molecular weight is 709 g/mol. The third kappa shape index (κ3) is 10.8. The molecule has 4 aliphatic heterocycles. The van der Waals surface area contributed by atoms with Crippen LogP contribution in [0, 0.1) is 0 Å². The lowest BCUT2D eigenvalue weighted by molar-refractivity contribution is 0.0908. The fraction of sp³-hybridized carbons (Fsp3) is 0.550. The van der Waals surface area contributed by atoms with Crippen LogP contribution in [-0.2, 0) is 0 Å². The van der Waals surface area contributed by atoms with Crippen LogP contribution in [0.1, 0.15) is 75.5 Å². The predicted octanol–water partition coefficient (Wildman–Crippen LogP) is 4.47. The number of nitrogens with zero attached hydrogens (tertiary/aromatic N) is 2. The topological polar surface area (TPSA) is 142 Å². The number of ether oxygens (including phenoxy) is 4. The largest absolute Gasteiger partial charge is 0.486 e. The number of benzene rings is 3. The number of nitrogens with two attached hydrogens (primary N) is 1. The summed E-state index contributed by atoms with van der Waals surface area (Å²) >= 11 is 0. The summed E-state index contributed by atoms with van der Waals surface area (Å²) in [6.07, 6.45) is 3.43. The first-order valence-corrected chi connectivity index (χ1v) is 17.8. The first-order chi connectivity index (χ1) is 24.0. The smallest absolute Gasteiger partial charge is 0.161 e. The lowest BCUT2D eigenvalue weighted by Crippen LogP contribution is -2.46. The maximum atomic E-state index is 11.3. The lowest BCUT2D eigenvalue weighted by atomic mass is 9.98. The van der Waals surface area contributed by atoms with E-state index in [9.17, 15) is 15.3 Å². The summed E-state index contributed by atoms with van der Waals surface area (Å²) in [6.45, 7) is 7.86. The van der Waals surface area contributed by atoms with E-state index in [2.05, 4.69) is 15.1 Å². The number of aliphatic hydroxyl groups is 3. The summed E-state index contributed by atoms with van der Waals surface area (Å²) in [6, 6.07) is 20.3. The Balaban J connectivity index is 0.000000234. The fourth-order valence-corrected chi connectivity index (χ4v) is 7.02. The minimum Gasteiger partial charge on any atom is -0.486 e.